The molecule has 0 amide bonds. The number of hydrogen-bond acceptors (Lipinski definition) is 3. The van der Waals surface area contributed by atoms with Crippen molar-refractivity contribution in [3.05, 3.63) is 34.4 Å². The summed E-state index contributed by atoms with van der Waals surface area (Å²) in [5, 5.41) is 3.43. The Morgan fingerprint density at radius 2 is 2.38 bits per heavy atom. The number of nitrogens with one attached hydrogen (secondary N) is 1. The lowest BCUT2D eigenvalue weighted by atomic mass is 10.1. The minimum atomic E-state index is 0.0498. The van der Waals surface area contributed by atoms with Gasteiger partial charge in [0.1, 0.15) is 17.6 Å². The first kappa shape index (κ1) is 11.7. The topological polar surface area (TPSA) is 34.4 Å². The lowest BCUT2D eigenvalue weighted by Gasteiger charge is -2.17. The molecule has 0 bridgehead atoms. The third kappa shape index (κ3) is 2.68. The zero-order valence-electron chi connectivity index (χ0n) is 9.33. The summed E-state index contributed by atoms with van der Waals surface area (Å²) in [7, 11) is 0. The van der Waals surface area contributed by atoms with Crippen LogP contribution >= 0.6 is 15.9 Å². The molecular weight excluding hydrogens is 270 g/mol. The molecule has 1 atom stereocenters. The monoisotopic (exact) mass is 285 g/mol. The fourth-order valence-corrected chi connectivity index (χ4v) is 2.07. The Morgan fingerprint density at radius 1 is 1.50 bits per heavy atom. The van der Waals surface area contributed by atoms with Gasteiger partial charge in [-0.15, -0.1) is 0 Å². The molecule has 0 saturated heterocycles. The first-order chi connectivity index (χ1) is 7.81. The Kier molecular flexibility index (Phi) is 4.07. The molecule has 0 aromatic carbocycles. The molecule has 1 aromatic heterocycles. The molecule has 3 nitrogen and oxygen atoms in total. The van der Waals surface area contributed by atoms with Crippen molar-refractivity contribution < 1.29 is 9.15 Å². The predicted octanol–water partition coefficient (Wildman–Crippen LogP) is 3.39. The van der Waals surface area contributed by atoms with E-state index in [1.807, 2.05) is 12.1 Å². The van der Waals surface area contributed by atoms with Crippen LogP contribution in [0.15, 0.2) is 33.1 Å². The van der Waals surface area contributed by atoms with E-state index >= 15 is 0 Å². The first-order valence-electron chi connectivity index (χ1n) is 5.62. The molecule has 2 heterocycles. The molecule has 0 saturated carbocycles. The lowest BCUT2D eigenvalue weighted by Crippen LogP contribution is -2.23. The van der Waals surface area contributed by atoms with Crippen LogP contribution in [0.3, 0.4) is 0 Å². The third-order valence-corrected chi connectivity index (χ3v) is 2.92. The maximum atomic E-state index is 5.60. The lowest BCUT2D eigenvalue weighted by molar-refractivity contribution is 0.207. The summed E-state index contributed by atoms with van der Waals surface area (Å²) in [5.41, 5.74) is 0. The highest BCUT2D eigenvalue weighted by molar-refractivity contribution is 9.10. The summed E-state index contributed by atoms with van der Waals surface area (Å²) in [6.45, 7) is 3.87. The summed E-state index contributed by atoms with van der Waals surface area (Å²) in [6, 6.07) is 3.93. The maximum Gasteiger partial charge on any atom is 0.169 e. The van der Waals surface area contributed by atoms with Crippen molar-refractivity contribution in [2.45, 2.75) is 25.8 Å². The van der Waals surface area contributed by atoms with Crippen LogP contribution in [0.5, 0.6) is 0 Å². The highest BCUT2D eigenvalue weighted by Gasteiger charge is 2.22. The molecule has 1 aliphatic heterocycles. The Morgan fingerprint density at radius 3 is 2.94 bits per heavy atom. The van der Waals surface area contributed by atoms with Gasteiger partial charge in [-0.25, -0.2) is 0 Å². The summed E-state index contributed by atoms with van der Waals surface area (Å²) < 4.78 is 11.9. The summed E-state index contributed by atoms with van der Waals surface area (Å²) in [4.78, 5) is 0. The van der Waals surface area contributed by atoms with Crippen molar-refractivity contribution in [2.75, 3.05) is 13.2 Å². The molecule has 0 fully saturated rings. The second kappa shape index (κ2) is 5.55. The Balaban J connectivity index is 2.13. The summed E-state index contributed by atoms with van der Waals surface area (Å²) in [6.07, 6.45) is 4.21. The van der Waals surface area contributed by atoms with Gasteiger partial charge in [0.15, 0.2) is 4.67 Å². The number of furan rings is 1. The van der Waals surface area contributed by atoms with Gasteiger partial charge >= 0.3 is 0 Å². The van der Waals surface area contributed by atoms with Gasteiger partial charge in [-0.05, 0) is 47.1 Å². The van der Waals surface area contributed by atoms with Crippen LogP contribution in [0.4, 0.5) is 0 Å². The molecule has 1 N–H and O–H groups in total. The molecule has 0 spiro atoms. The molecule has 2 rings (SSSR count). The fourth-order valence-electron chi connectivity index (χ4n) is 1.75. The van der Waals surface area contributed by atoms with Crippen LogP contribution in [0, 0.1) is 0 Å². The molecule has 1 aromatic rings. The predicted molar refractivity (Wildman–Crippen MR) is 66.1 cm³/mol. The van der Waals surface area contributed by atoms with Gasteiger partial charge in [-0.2, -0.15) is 0 Å². The summed E-state index contributed by atoms with van der Waals surface area (Å²) >= 11 is 3.32. The average Bonchev–Trinajstić information content (AvgIpc) is 2.91. The quantitative estimate of drug-likeness (QED) is 0.901. The normalized spacial score (nSPS) is 17.0. The average molecular weight is 286 g/mol. The molecule has 1 aliphatic rings. The minimum absolute atomic E-state index is 0.0498. The zero-order valence-corrected chi connectivity index (χ0v) is 10.9. The molecule has 0 aliphatic carbocycles. The van der Waals surface area contributed by atoms with Crippen molar-refractivity contribution >= 4 is 15.9 Å². The van der Waals surface area contributed by atoms with Crippen molar-refractivity contribution in [3.8, 4) is 0 Å². The van der Waals surface area contributed by atoms with Gasteiger partial charge in [-0.1, -0.05) is 6.92 Å². The van der Waals surface area contributed by atoms with E-state index in [0.29, 0.717) is 0 Å². The molecule has 0 radical (unpaired) electrons. The van der Waals surface area contributed by atoms with Crippen LogP contribution in [0.1, 0.15) is 31.6 Å². The molecule has 1 unspecified atom stereocenters. The minimum Gasteiger partial charge on any atom is -0.496 e. The van der Waals surface area contributed by atoms with Gasteiger partial charge < -0.3 is 14.5 Å². The molecule has 4 heteroatoms. The van der Waals surface area contributed by atoms with Crippen LogP contribution in [-0.2, 0) is 4.74 Å². The smallest absolute Gasteiger partial charge is 0.169 e. The molecule has 16 heavy (non-hydrogen) atoms. The van der Waals surface area contributed by atoms with E-state index in [2.05, 4.69) is 34.2 Å². The number of halogens is 1. The Labute approximate surface area is 104 Å². The standard InChI is InChI=1S/C12H16BrNO2/c1-2-7-14-12(9-4-3-8-15-9)10-5-6-11(13)16-10/h4-6,12,14H,2-3,7-8H2,1H3. The van der Waals surface area contributed by atoms with Crippen LogP contribution in [0.2, 0.25) is 0 Å². The van der Waals surface area contributed by atoms with Crippen LogP contribution in [-0.4, -0.2) is 13.2 Å². The van der Waals surface area contributed by atoms with Crippen molar-refractivity contribution in [3.63, 3.8) is 0 Å². The van der Waals surface area contributed by atoms with Gasteiger partial charge in [0.25, 0.3) is 0 Å². The van der Waals surface area contributed by atoms with E-state index in [0.717, 1.165) is 42.2 Å². The van der Waals surface area contributed by atoms with Gasteiger partial charge in [0.2, 0.25) is 0 Å². The second-order valence-corrected chi connectivity index (χ2v) is 4.55. The van der Waals surface area contributed by atoms with E-state index < -0.39 is 0 Å². The highest BCUT2D eigenvalue weighted by Crippen LogP contribution is 2.29. The second-order valence-electron chi connectivity index (χ2n) is 3.77. The number of rotatable bonds is 5. The van der Waals surface area contributed by atoms with Crippen molar-refractivity contribution in [1.82, 2.24) is 5.32 Å². The van der Waals surface area contributed by atoms with E-state index in [1.54, 1.807) is 0 Å². The van der Waals surface area contributed by atoms with Crippen molar-refractivity contribution in [1.29, 1.82) is 0 Å². The van der Waals surface area contributed by atoms with Gasteiger partial charge in [0.05, 0.1) is 6.61 Å². The van der Waals surface area contributed by atoms with Crippen LogP contribution < -0.4 is 5.32 Å². The van der Waals surface area contributed by atoms with Crippen LogP contribution in [0.25, 0.3) is 0 Å². The Bertz CT molecular complexity index is 373. The van der Waals surface area contributed by atoms with E-state index in [-0.39, 0.29) is 6.04 Å². The Hall–Kier alpha value is -0.740. The van der Waals surface area contributed by atoms with Crippen molar-refractivity contribution in [2.24, 2.45) is 0 Å². The highest BCUT2D eigenvalue weighted by atomic mass is 79.9. The zero-order chi connectivity index (χ0) is 11.4. The van der Waals surface area contributed by atoms with E-state index in [1.165, 1.54) is 0 Å². The number of hydrogen-bond donors (Lipinski definition) is 1. The van der Waals surface area contributed by atoms with Gasteiger partial charge in [0, 0.05) is 6.42 Å². The largest absolute Gasteiger partial charge is 0.496 e. The molecule has 88 valence electrons. The SMILES string of the molecule is CCCNC(C1=CCCO1)c1ccc(Br)o1. The fraction of sp³-hybridized carbons (Fsp3) is 0.500. The summed E-state index contributed by atoms with van der Waals surface area (Å²) in [5.74, 6) is 1.88. The molecular formula is C12H16BrNO2. The third-order valence-electron chi connectivity index (χ3n) is 2.49. The van der Waals surface area contributed by atoms with E-state index in [9.17, 15) is 0 Å². The number of ether oxygens (including phenoxy) is 1. The maximum absolute atomic E-state index is 5.60. The van der Waals surface area contributed by atoms with Gasteiger partial charge in [-0.3, -0.25) is 0 Å². The first-order valence-corrected chi connectivity index (χ1v) is 6.42. The van der Waals surface area contributed by atoms with E-state index in [4.69, 9.17) is 9.15 Å².